The molecule has 76 valence electrons. The van der Waals surface area contributed by atoms with Gasteiger partial charge in [0.05, 0.1) is 0 Å². The first-order chi connectivity index (χ1) is 6.66. The third kappa shape index (κ3) is 1.89. The van der Waals surface area contributed by atoms with Crippen LogP contribution in [0.1, 0.15) is 35.4 Å². The van der Waals surface area contributed by atoms with Gasteiger partial charge in [0.15, 0.2) is 0 Å². The van der Waals surface area contributed by atoms with Gasteiger partial charge in [-0.25, -0.2) is 8.78 Å². The van der Waals surface area contributed by atoms with E-state index in [0.717, 1.165) is 18.9 Å². The lowest BCUT2D eigenvalue weighted by Gasteiger charge is -1.98. The van der Waals surface area contributed by atoms with Crippen molar-refractivity contribution in [2.45, 2.75) is 25.3 Å². The highest BCUT2D eigenvalue weighted by atomic mass is 19.3. The molecule has 0 unspecified atom stereocenters. The van der Waals surface area contributed by atoms with Crippen LogP contribution in [-0.4, -0.2) is 22.1 Å². The van der Waals surface area contributed by atoms with E-state index in [4.69, 9.17) is 0 Å². The molecule has 1 aromatic heterocycles. The van der Waals surface area contributed by atoms with Crippen molar-refractivity contribution in [1.82, 2.24) is 15.5 Å². The van der Waals surface area contributed by atoms with Gasteiger partial charge in [0.2, 0.25) is 0 Å². The lowest BCUT2D eigenvalue weighted by atomic mass is 10.3. The van der Waals surface area contributed by atoms with E-state index in [1.54, 1.807) is 0 Å². The molecule has 1 aliphatic carbocycles. The molecule has 6 heteroatoms. The minimum Gasteiger partial charge on any atom is -0.348 e. The van der Waals surface area contributed by atoms with Crippen molar-refractivity contribution in [1.29, 1.82) is 0 Å². The molecule has 0 saturated heterocycles. The Morgan fingerprint density at radius 2 is 2.36 bits per heavy atom. The van der Waals surface area contributed by atoms with E-state index in [-0.39, 0.29) is 17.6 Å². The van der Waals surface area contributed by atoms with Crippen molar-refractivity contribution < 1.29 is 13.6 Å². The smallest absolute Gasteiger partial charge is 0.282 e. The Balaban J connectivity index is 2.03. The lowest BCUT2D eigenvalue weighted by molar-refractivity contribution is 0.0946. The van der Waals surface area contributed by atoms with Crippen molar-refractivity contribution in [3.63, 3.8) is 0 Å². The van der Waals surface area contributed by atoms with Crippen LogP contribution >= 0.6 is 0 Å². The van der Waals surface area contributed by atoms with Crippen LogP contribution in [0.4, 0.5) is 8.78 Å². The molecule has 1 amide bonds. The van der Waals surface area contributed by atoms with E-state index in [1.807, 2.05) is 0 Å². The molecule has 0 atom stereocenters. The molecule has 0 spiro atoms. The fourth-order valence-corrected chi connectivity index (χ4v) is 1.06. The van der Waals surface area contributed by atoms with Gasteiger partial charge < -0.3 is 5.32 Å². The summed E-state index contributed by atoms with van der Waals surface area (Å²) in [7, 11) is 0. The van der Waals surface area contributed by atoms with Crippen LogP contribution in [0.25, 0.3) is 0 Å². The molecular formula is C8H9F2N3O. The van der Waals surface area contributed by atoms with Crippen molar-refractivity contribution in [2.75, 3.05) is 0 Å². The predicted octanol–water partition coefficient (Wildman–Crippen LogP) is 1.24. The minimum absolute atomic E-state index is 0.0900. The second-order valence-electron chi connectivity index (χ2n) is 3.25. The molecule has 4 nitrogen and oxygen atoms in total. The lowest BCUT2D eigenvalue weighted by Crippen LogP contribution is -2.25. The first-order valence-electron chi connectivity index (χ1n) is 4.31. The fourth-order valence-electron chi connectivity index (χ4n) is 1.06. The Labute approximate surface area is 78.7 Å². The van der Waals surface area contributed by atoms with Crippen molar-refractivity contribution in [3.8, 4) is 0 Å². The van der Waals surface area contributed by atoms with Crippen LogP contribution in [0.15, 0.2) is 6.07 Å². The number of hydrogen-bond acceptors (Lipinski definition) is 2. The molecule has 1 fully saturated rings. The molecule has 2 N–H and O–H groups in total. The van der Waals surface area contributed by atoms with Crippen LogP contribution in [0.2, 0.25) is 0 Å². The Bertz CT molecular complexity index is 346. The Kier molecular flexibility index (Phi) is 2.18. The third-order valence-electron chi connectivity index (χ3n) is 1.98. The molecule has 1 saturated carbocycles. The SMILES string of the molecule is O=C(NC1CC1)c1cc(C(F)F)n[nH]1. The van der Waals surface area contributed by atoms with Gasteiger partial charge in [-0.3, -0.25) is 9.89 Å². The van der Waals surface area contributed by atoms with E-state index in [0.29, 0.717) is 0 Å². The van der Waals surface area contributed by atoms with Gasteiger partial charge in [-0.05, 0) is 18.9 Å². The van der Waals surface area contributed by atoms with E-state index in [9.17, 15) is 13.6 Å². The first-order valence-corrected chi connectivity index (χ1v) is 4.31. The van der Waals surface area contributed by atoms with Crippen molar-refractivity contribution in [3.05, 3.63) is 17.5 Å². The van der Waals surface area contributed by atoms with E-state index >= 15 is 0 Å². The summed E-state index contributed by atoms with van der Waals surface area (Å²) in [5.41, 5.74) is -0.307. The standard InChI is InChI=1S/C8H9F2N3O/c9-7(10)5-3-6(13-12-5)8(14)11-4-1-2-4/h3-4,7H,1-2H2,(H,11,14)(H,12,13). The monoisotopic (exact) mass is 201 g/mol. The largest absolute Gasteiger partial charge is 0.348 e. The predicted molar refractivity (Wildman–Crippen MR) is 44.0 cm³/mol. The quantitative estimate of drug-likeness (QED) is 0.772. The van der Waals surface area contributed by atoms with E-state index < -0.39 is 12.1 Å². The van der Waals surface area contributed by atoms with E-state index in [1.165, 1.54) is 0 Å². The van der Waals surface area contributed by atoms with Gasteiger partial charge in [0, 0.05) is 6.04 Å². The number of nitrogens with one attached hydrogen (secondary N) is 2. The number of amides is 1. The molecule has 2 rings (SSSR count). The zero-order valence-corrected chi connectivity index (χ0v) is 7.26. The Hall–Kier alpha value is -1.46. The minimum atomic E-state index is -2.64. The summed E-state index contributed by atoms with van der Waals surface area (Å²) in [6, 6.07) is 1.28. The molecule has 1 aliphatic rings. The fraction of sp³-hybridized carbons (Fsp3) is 0.500. The van der Waals surface area contributed by atoms with Gasteiger partial charge in [0.1, 0.15) is 11.4 Å². The van der Waals surface area contributed by atoms with Crippen LogP contribution in [0, 0.1) is 0 Å². The van der Waals surface area contributed by atoms with Crippen molar-refractivity contribution >= 4 is 5.91 Å². The van der Waals surface area contributed by atoms with Crippen molar-refractivity contribution in [2.24, 2.45) is 0 Å². The molecule has 0 aliphatic heterocycles. The maximum Gasteiger partial charge on any atom is 0.282 e. The summed E-state index contributed by atoms with van der Waals surface area (Å²) in [5, 5.41) is 8.27. The number of hydrogen-bond donors (Lipinski definition) is 2. The number of carbonyl (C=O) groups is 1. The van der Waals surface area contributed by atoms with Gasteiger partial charge in [0.25, 0.3) is 12.3 Å². The molecule has 14 heavy (non-hydrogen) atoms. The molecule has 0 radical (unpaired) electrons. The highest BCUT2D eigenvalue weighted by molar-refractivity contribution is 5.92. The van der Waals surface area contributed by atoms with Crippen LogP contribution in [0.5, 0.6) is 0 Å². The number of rotatable bonds is 3. The molecule has 0 aromatic carbocycles. The number of H-pyrrole nitrogens is 1. The maximum absolute atomic E-state index is 12.1. The summed E-state index contributed by atoms with van der Waals surface area (Å²) < 4.78 is 24.2. The first kappa shape index (κ1) is 9.11. The summed E-state index contributed by atoms with van der Waals surface area (Å²) in [6.07, 6.45) is -0.725. The highest BCUT2D eigenvalue weighted by Crippen LogP contribution is 2.20. The van der Waals surface area contributed by atoms with Gasteiger partial charge >= 0.3 is 0 Å². The maximum atomic E-state index is 12.1. The highest BCUT2D eigenvalue weighted by Gasteiger charge is 2.25. The summed E-state index contributed by atoms with van der Waals surface area (Å²) >= 11 is 0. The average molecular weight is 201 g/mol. The normalized spacial score (nSPS) is 15.9. The second kappa shape index (κ2) is 3.36. The van der Waals surface area contributed by atoms with Crippen LogP contribution in [0.3, 0.4) is 0 Å². The number of halogens is 2. The zero-order valence-electron chi connectivity index (χ0n) is 7.26. The summed E-state index contributed by atoms with van der Waals surface area (Å²) in [5.74, 6) is -0.369. The number of nitrogens with zero attached hydrogens (tertiary/aromatic N) is 1. The molecule has 1 heterocycles. The average Bonchev–Trinajstić information content (AvgIpc) is 2.81. The number of aromatic nitrogens is 2. The number of aromatic amines is 1. The van der Waals surface area contributed by atoms with Gasteiger partial charge in [-0.15, -0.1) is 0 Å². The van der Waals surface area contributed by atoms with Gasteiger partial charge in [-0.2, -0.15) is 5.10 Å². The summed E-state index contributed by atoms with van der Waals surface area (Å²) in [6.45, 7) is 0. The Morgan fingerprint density at radius 3 is 2.86 bits per heavy atom. The summed E-state index contributed by atoms with van der Waals surface area (Å²) in [4.78, 5) is 11.3. The molecular weight excluding hydrogens is 192 g/mol. The molecule has 0 bridgehead atoms. The topological polar surface area (TPSA) is 57.8 Å². The Morgan fingerprint density at radius 1 is 1.64 bits per heavy atom. The van der Waals surface area contributed by atoms with E-state index in [2.05, 4.69) is 15.5 Å². The molecule has 1 aromatic rings. The zero-order chi connectivity index (χ0) is 10.1. The van der Waals surface area contributed by atoms with Crippen LogP contribution in [-0.2, 0) is 0 Å². The third-order valence-corrected chi connectivity index (χ3v) is 1.98. The van der Waals surface area contributed by atoms with Gasteiger partial charge in [-0.1, -0.05) is 0 Å². The number of carbonyl (C=O) groups excluding carboxylic acids is 1. The number of alkyl halides is 2. The van der Waals surface area contributed by atoms with Crippen LogP contribution < -0.4 is 5.32 Å². The second-order valence-corrected chi connectivity index (χ2v) is 3.25.